The number of carbonyl (C=O) groups is 1. The molecule has 4 aromatic rings. The predicted octanol–water partition coefficient (Wildman–Crippen LogP) is 6.49. The van der Waals surface area contributed by atoms with Gasteiger partial charge in [-0.3, -0.25) is 4.79 Å². The molecule has 174 valence electrons. The summed E-state index contributed by atoms with van der Waals surface area (Å²) in [4.78, 5) is 17.0. The summed E-state index contributed by atoms with van der Waals surface area (Å²) in [5.41, 5.74) is 6.87. The van der Waals surface area contributed by atoms with E-state index in [1.165, 1.54) is 16.7 Å². The van der Waals surface area contributed by atoms with Crippen LogP contribution in [0.25, 0.3) is 0 Å². The second-order valence-corrected chi connectivity index (χ2v) is 10.3. The molecule has 0 aliphatic carbocycles. The molecule has 0 fully saturated rings. The van der Waals surface area contributed by atoms with Gasteiger partial charge in [-0.05, 0) is 48.2 Å². The summed E-state index contributed by atoms with van der Waals surface area (Å²) >= 11 is 3.32. The third-order valence-electron chi connectivity index (χ3n) is 5.39. The highest BCUT2D eigenvalue weighted by atomic mass is 32.2. The summed E-state index contributed by atoms with van der Waals surface area (Å²) in [5.74, 6) is 1.67. The molecule has 0 bridgehead atoms. The van der Waals surface area contributed by atoms with Crippen molar-refractivity contribution in [3.63, 3.8) is 0 Å². The number of rotatable bonds is 10. The first kappa shape index (κ1) is 24.0. The van der Waals surface area contributed by atoms with Crippen molar-refractivity contribution < 1.29 is 9.53 Å². The van der Waals surface area contributed by atoms with E-state index in [-0.39, 0.29) is 5.91 Å². The number of aromatic nitrogens is 1. The number of hydrogen-bond acceptors (Lipinski definition) is 5. The highest BCUT2D eigenvalue weighted by Gasteiger charge is 2.09. The first-order valence-corrected chi connectivity index (χ1v) is 13.1. The molecule has 0 saturated carbocycles. The first-order chi connectivity index (χ1) is 16.5. The van der Waals surface area contributed by atoms with E-state index in [1.54, 1.807) is 23.1 Å². The van der Waals surface area contributed by atoms with Gasteiger partial charge in [0, 0.05) is 17.7 Å². The largest absolute Gasteiger partial charge is 0.489 e. The van der Waals surface area contributed by atoms with E-state index < -0.39 is 0 Å². The van der Waals surface area contributed by atoms with Crippen molar-refractivity contribution >= 4 is 29.0 Å². The molecule has 1 amide bonds. The normalized spacial score (nSPS) is 10.8. The predicted molar refractivity (Wildman–Crippen MR) is 140 cm³/mol. The van der Waals surface area contributed by atoms with Crippen molar-refractivity contribution in [1.29, 1.82) is 0 Å². The van der Waals surface area contributed by atoms with Gasteiger partial charge >= 0.3 is 0 Å². The topological polar surface area (TPSA) is 51.2 Å². The second kappa shape index (κ2) is 11.9. The third-order valence-corrected chi connectivity index (χ3v) is 7.51. The number of thioether (sulfide) groups is 1. The molecule has 3 aromatic carbocycles. The maximum Gasteiger partial charge on any atom is 0.226 e. The molecule has 4 rings (SSSR count). The molecule has 0 spiro atoms. The molecule has 0 radical (unpaired) electrons. The van der Waals surface area contributed by atoms with Gasteiger partial charge in [0.25, 0.3) is 0 Å². The number of nitrogens with one attached hydrogen (secondary N) is 1. The highest BCUT2D eigenvalue weighted by Crippen LogP contribution is 2.28. The van der Waals surface area contributed by atoms with Crippen molar-refractivity contribution in [2.75, 3.05) is 0 Å². The van der Waals surface area contributed by atoms with Crippen molar-refractivity contribution in [3.05, 3.63) is 112 Å². The van der Waals surface area contributed by atoms with Crippen LogP contribution in [0.15, 0.2) is 82.5 Å². The Morgan fingerprint density at radius 2 is 1.79 bits per heavy atom. The van der Waals surface area contributed by atoms with Crippen molar-refractivity contribution in [2.45, 2.75) is 43.5 Å². The zero-order chi connectivity index (χ0) is 23.8. The van der Waals surface area contributed by atoms with Gasteiger partial charge in [0.1, 0.15) is 16.7 Å². The molecular weight excluding hydrogens is 460 g/mol. The fourth-order valence-corrected chi connectivity index (χ4v) is 5.31. The number of nitrogens with zero attached hydrogens (tertiary/aromatic N) is 1. The lowest BCUT2D eigenvalue weighted by Crippen LogP contribution is -2.24. The summed E-state index contributed by atoms with van der Waals surface area (Å²) in [6.07, 6.45) is 0.290. The van der Waals surface area contributed by atoms with Gasteiger partial charge < -0.3 is 10.1 Å². The number of aryl methyl sites for hydroxylation is 2. The summed E-state index contributed by atoms with van der Waals surface area (Å²) in [6, 6.07) is 24.4. The minimum Gasteiger partial charge on any atom is -0.489 e. The van der Waals surface area contributed by atoms with Gasteiger partial charge in [0.15, 0.2) is 0 Å². The number of benzene rings is 3. The maximum atomic E-state index is 12.4. The molecule has 0 atom stereocenters. The van der Waals surface area contributed by atoms with Crippen LogP contribution in [0.3, 0.4) is 0 Å². The first-order valence-electron chi connectivity index (χ1n) is 11.2. The van der Waals surface area contributed by atoms with Crippen LogP contribution in [-0.2, 0) is 30.1 Å². The quantitative estimate of drug-likeness (QED) is 0.259. The maximum absolute atomic E-state index is 12.4. The van der Waals surface area contributed by atoms with E-state index >= 15 is 0 Å². The number of amides is 1. The van der Waals surface area contributed by atoms with Crippen LogP contribution in [0.4, 0.5) is 0 Å². The lowest BCUT2D eigenvalue weighted by molar-refractivity contribution is -0.120. The lowest BCUT2D eigenvalue weighted by atomic mass is 10.1. The van der Waals surface area contributed by atoms with Crippen LogP contribution in [-0.4, -0.2) is 10.9 Å². The minimum atomic E-state index is -0.0271. The smallest absolute Gasteiger partial charge is 0.226 e. The molecule has 34 heavy (non-hydrogen) atoms. The Hall–Kier alpha value is -3.09. The second-order valence-electron chi connectivity index (χ2n) is 8.20. The third kappa shape index (κ3) is 7.20. The van der Waals surface area contributed by atoms with Gasteiger partial charge in [-0.25, -0.2) is 4.98 Å². The van der Waals surface area contributed by atoms with Gasteiger partial charge in [0.2, 0.25) is 5.91 Å². The van der Waals surface area contributed by atoms with Crippen molar-refractivity contribution in [1.82, 2.24) is 10.3 Å². The number of hydrogen-bond donors (Lipinski definition) is 1. The monoisotopic (exact) mass is 488 g/mol. The van der Waals surface area contributed by atoms with Crippen LogP contribution >= 0.6 is 23.1 Å². The Balaban J connectivity index is 1.20. The van der Waals surface area contributed by atoms with E-state index in [0.717, 1.165) is 32.7 Å². The van der Waals surface area contributed by atoms with Crippen LogP contribution in [0.5, 0.6) is 5.75 Å². The van der Waals surface area contributed by atoms with Gasteiger partial charge in [0.05, 0.1) is 12.1 Å². The molecule has 0 aliphatic rings. The minimum absolute atomic E-state index is 0.0271. The van der Waals surface area contributed by atoms with Crippen LogP contribution in [0.2, 0.25) is 0 Å². The zero-order valence-electron chi connectivity index (χ0n) is 19.4. The summed E-state index contributed by atoms with van der Waals surface area (Å²) in [7, 11) is 0. The molecule has 4 nitrogen and oxygen atoms in total. The Kier molecular flexibility index (Phi) is 8.39. The van der Waals surface area contributed by atoms with E-state index in [4.69, 9.17) is 4.74 Å². The molecule has 1 heterocycles. The average molecular weight is 489 g/mol. The number of ether oxygens (including phenoxy) is 1. The Morgan fingerprint density at radius 3 is 2.59 bits per heavy atom. The lowest BCUT2D eigenvalue weighted by Gasteiger charge is -2.08. The molecule has 1 N–H and O–H groups in total. The SMILES string of the molecule is Cc1ccc(C)c(CSc2nc(CC(=O)NCc3ccc(OCc4ccccc4)cc3)cs2)c1. The summed E-state index contributed by atoms with van der Waals surface area (Å²) < 4.78 is 6.81. The van der Waals surface area contributed by atoms with Crippen molar-refractivity contribution in [3.8, 4) is 5.75 Å². The summed E-state index contributed by atoms with van der Waals surface area (Å²) in [6.45, 7) is 5.27. The molecule has 0 unspecified atom stereocenters. The van der Waals surface area contributed by atoms with Crippen molar-refractivity contribution in [2.24, 2.45) is 0 Å². The molecule has 1 aromatic heterocycles. The average Bonchev–Trinajstić information content (AvgIpc) is 3.30. The van der Waals surface area contributed by atoms with E-state index in [1.807, 2.05) is 60.0 Å². The Morgan fingerprint density at radius 1 is 1.00 bits per heavy atom. The van der Waals surface area contributed by atoms with Gasteiger partial charge in [-0.2, -0.15) is 0 Å². The number of carbonyl (C=O) groups excluding carboxylic acids is 1. The van der Waals surface area contributed by atoms with Crippen LogP contribution in [0.1, 0.15) is 33.5 Å². The van der Waals surface area contributed by atoms with Gasteiger partial charge in [-0.1, -0.05) is 78.0 Å². The molecular formula is C28H28N2O2S2. The molecule has 6 heteroatoms. The van der Waals surface area contributed by atoms with Crippen LogP contribution < -0.4 is 10.1 Å². The molecule has 0 saturated heterocycles. The zero-order valence-corrected chi connectivity index (χ0v) is 21.0. The Bertz CT molecular complexity index is 1220. The van der Waals surface area contributed by atoms with E-state index in [0.29, 0.717) is 19.6 Å². The standard InChI is InChI=1S/C28H28N2O2S2/c1-20-8-9-21(2)24(14-20)18-33-28-30-25(19-34-28)15-27(31)29-16-22-10-12-26(13-11-22)32-17-23-6-4-3-5-7-23/h3-14,19H,15-18H2,1-2H3,(H,29,31). The molecule has 0 aliphatic heterocycles. The Labute approximate surface area is 209 Å². The highest BCUT2D eigenvalue weighted by molar-refractivity contribution is 8.00. The van der Waals surface area contributed by atoms with Crippen LogP contribution in [0, 0.1) is 13.8 Å². The summed E-state index contributed by atoms with van der Waals surface area (Å²) in [5, 5.41) is 4.96. The fraction of sp³-hybridized carbons (Fsp3) is 0.214. The number of thiazole rings is 1. The van der Waals surface area contributed by atoms with E-state index in [9.17, 15) is 4.79 Å². The van der Waals surface area contributed by atoms with E-state index in [2.05, 4.69) is 42.3 Å². The fourth-order valence-electron chi connectivity index (χ4n) is 3.40. The van der Waals surface area contributed by atoms with Gasteiger partial charge in [-0.15, -0.1) is 11.3 Å².